The zero-order valence-electron chi connectivity index (χ0n) is 16.4. The summed E-state index contributed by atoms with van der Waals surface area (Å²) in [6, 6.07) is 13.1. The summed E-state index contributed by atoms with van der Waals surface area (Å²) in [5.74, 6) is 0.576. The molecule has 136 valence electrons. The van der Waals surface area contributed by atoms with Gasteiger partial charge in [-0.25, -0.2) is 8.42 Å². The first-order valence-corrected chi connectivity index (χ1v) is 10.4. The third-order valence-corrected chi connectivity index (χ3v) is 6.37. The minimum atomic E-state index is -3.51. The molecule has 0 bridgehead atoms. The maximum atomic E-state index is 13.1. The Kier molecular flexibility index (Phi) is 5.48. The van der Waals surface area contributed by atoms with E-state index in [0.29, 0.717) is 9.79 Å². The van der Waals surface area contributed by atoms with E-state index in [1.807, 2.05) is 24.3 Å². The molecule has 0 aromatic heterocycles. The Morgan fingerprint density at radius 2 is 1.16 bits per heavy atom. The second-order valence-corrected chi connectivity index (χ2v) is 10.4. The summed E-state index contributed by atoms with van der Waals surface area (Å²) in [5, 5.41) is 0. The molecular weight excluding hydrogens is 328 g/mol. The van der Waals surface area contributed by atoms with Crippen LogP contribution in [0, 0.1) is 0 Å². The molecule has 0 amide bonds. The molecule has 0 aliphatic heterocycles. The molecule has 0 aliphatic rings. The Hall–Kier alpha value is -1.61. The van der Waals surface area contributed by atoms with Crippen molar-refractivity contribution in [1.82, 2.24) is 0 Å². The molecule has 0 N–H and O–H groups in total. The summed E-state index contributed by atoms with van der Waals surface area (Å²) in [7, 11) is -3.51. The van der Waals surface area contributed by atoms with Crippen LogP contribution in [-0.4, -0.2) is 8.42 Å². The standard InChI is InChI=1S/C22H30O2S/c1-15(2)17-12-18(16(3)4)14-21(13-17)25(23,24)20-10-8-19(9-11-20)22(5,6)7/h8-16H,1-7H3. The molecule has 0 saturated carbocycles. The summed E-state index contributed by atoms with van der Waals surface area (Å²) >= 11 is 0. The SMILES string of the molecule is CC(C)c1cc(C(C)C)cc(S(=O)(=O)c2ccc(C(C)(C)C)cc2)c1. The minimum absolute atomic E-state index is 0.00463. The van der Waals surface area contributed by atoms with Crippen LogP contribution in [0.15, 0.2) is 52.3 Å². The van der Waals surface area contributed by atoms with Crippen molar-refractivity contribution in [2.24, 2.45) is 0 Å². The van der Waals surface area contributed by atoms with Gasteiger partial charge in [-0.15, -0.1) is 0 Å². The maximum absolute atomic E-state index is 13.1. The first-order chi connectivity index (χ1) is 11.4. The molecular formula is C22H30O2S. The molecule has 0 radical (unpaired) electrons. The smallest absolute Gasteiger partial charge is 0.206 e. The van der Waals surface area contributed by atoms with Crippen molar-refractivity contribution >= 4 is 9.84 Å². The number of benzene rings is 2. The number of rotatable bonds is 4. The predicted molar refractivity (Wildman–Crippen MR) is 105 cm³/mol. The third kappa shape index (κ3) is 4.33. The largest absolute Gasteiger partial charge is 0.219 e. The molecule has 0 atom stereocenters. The molecule has 0 heterocycles. The third-order valence-electron chi connectivity index (χ3n) is 4.63. The van der Waals surface area contributed by atoms with Crippen molar-refractivity contribution in [3.8, 4) is 0 Å². The molecule has 0 spiro atoms. The Labute approximate surface area is 153 Å². The van der Waals surface area contributed by atoms with Gasteiger partial charge in [0.15, 0.2) is 0 Å². The Bertz CT molecular complexity index is 810. The van der Waals surface area contributed by atoms with Crippen LogP contribution < -0.4 is 0 Å². The Morgan fingerprint density at radius 1 is 0.720 bits per heavy atom. The van der Waals surface area contributed by atoms with Crippen molar-refractivity contribution in [2.75, 3.05) is 0 Å². The predicted octanol–water partition coefficient (Wildman–Crippen LogP) is 6.06. The van der Waals surface area contributed by atoms with Gasteiger partial charge in [0.2, 0.25) is 9.84 Å². The van der Waals surface area contributed by atoms with Crippen LogP contribution in [0.2, 0.25) is 0 Å². The second kappa shape index (κ2) is 6.95. The monoisotopic (exact) mass is 358 g/mol. The van der Waals surface area contributed by atoms with Gasteiger partial charge in [-0.05, 0) is 58.2 Å². The van der Waals surface area contributed by atoms with Crippen LogP contribution in [-0.2, 0) is 15.3 Å². The van der Waals surface area contributed by atoms with Gasteiger partial charge in [-0.1, -0.05) is 66.7 Å². The van der Waals surface area contributed by atoms with E-state index in [0.717, 1.165) is 16.7 Å². The summed E-state index contributed by atoms with van der Waals surface area (Å²) in [5.41, 5.74) is 3.27. The summed E-state index contributed by atoms with van der Waals surface area (Å²) in [6.45, 7) is 14.7. The minimum Gasteiger partial charge on any atom is -0.219 e. The molecule has 2 aromatic rings. The fourth-order valence-electron chi connectivity index (χ4n) is 2.74. The van der Waals surface area contributed by atoms with Gasteiger partial charge in [0.05, 0.1) is 9.79 Å². The van der Waals surface area contributed by atoms with E-state index in [-0.39, 0.29) is 17.3 Å². The van der Waals surface area contributed by atoms with Gasteiger partial charge in [0, 0.05) is 0 Å². The first-order valence-electron chi connectivity index (χ1n) is 8.93. The van der Waals surface area contributed by atoms with Crippen molar-refractivity contribution < 1.29 is 8.42 Å². The molecule has 0 saturated heterocycles. The molecule has 0 fully saturated rings. The van der Waals surface area contributed by atoms with E-state index in [1.54, 1.807) is 12.1 Å². The Balaban J connectivity index is 2.56. The van der Waals surface area contributed by atoms with E-state index >= 15 is 0 Å². The quantitative estimate of drug-likeness (QED) is 0.665. The van der Waals surface area contributed by atoms with E-state index in [9.17, 15) is 8.42 Å². The van der Waals surface area contributed by atoms with Crippen LogP contribution >= 0.6 is 0 Å². The highest BCUT2D eigenvalue weighted by Gasteiger charge is 2.21. The van der Waals surface area contributed by atoms with Crippen LogP contribution in [0.25, 0.3) is 0 Å². The Morgan fingerprint density at radius 3 is 1.52 bits per heavy atom. The van der Waals surface area contributed by atoms with E-state index in [2.05, 4.69) is 54.5 Å². The lowest BCUT2D eigenvalue weighted by molar-refractivity contribution is 0.586. The van der Waals surface area contributed by atoms with Gasteiger partial charge in [0.1, 0.15) is 0 Å². The summed E-state index contributed by atoms with van der Waals surface area (Å²) in [4.78, 5) is 0.752. The maximum Gasteiger partial charge on any atom is 0.206 e. The fraction of sp³-hybridized carbons (Fsp3) is 0.455. The lowest BCUT2D eigenvalue weighted by atomic mass is 9.87. The van der Waals surface area contributed by atoms with Gasteiger partial charge in [-0.2, -0.15) is 0 Å². The van der Waals surface area contributed by atoms with Crippen LogP contribution in [0.5, 0.6) is 0 Å². The lowest BCUT2D eigenvalue weighted by Crippen LogP contribution is -2.11. The van der Waals surface area contributed by atoms with E-state index in [4.69, 9.17) is 0 Å². The topological polar surface area (TPSA) is 34.1 Å². The fourth-order valence-corrected chi connectivity index (χ4v) is 4.09. The molecule has 0 aliphatic carbocycles. The highest BCUT2D eigenvalue weighted by Crippen LogP contribution is 2.30. The summed E-state index contributed by atoms with van der Waals surface area (Å²) < 4.78 is 26.3. The van der Waals surface area contributed by atoms with Gasteiger partial charge in [0.25, 0.3) is 0 Å². The van der Waals surface area contributed by atoms with E-state index < -0.39 is 9.84 Å². The van der Waals surface area contributed by atoms with Gasteiger partial charge >= 0.3 is 0 Å². The lowest BCUT2D eigenvalue weighted by Gasteiger charge is -2.19. The normalized spacial score (nSPS) is 12.8. The van der Waals surface area contributed by atoms with Crippen molar-refractivity contribution in [3.63, 3.8) is 0 Å². The average Bonchev–Trinajstić information content (AvgIpc) is 2.53. The zero-order valence-corrected chi connectivity index (χ0v) is 17.2. The van der Waals surface area contributed by atoms with E-state index in [1.165, 1.54) is 0 Å². The number of hydrogen-bond acceptors (Lipinski definition) is 2. The zero-order chi connectivity index (χ0) is 19.0. The van der Waals surface area contributed by atoms with Crippen LogP contribution in [0.4, 0.5) is 0 Å². The average molecular weight is 359 g/mol. The molecule has 2 rings (SSSR count). The molecule has 2 aromatic carbocycles. The number of sulfone groups is 1. The van der Waals surface area contributed by atoms with Crippen LogP contribution in [0.1, 0.15) is 77.0 Å². The second-order valence-electron chi connectivity index (χ2n) is 8.42. The van der Waals surface area contributed by atoms with Crippen molar-refractivity contribution in [2.45, 2.75) is 75.5 Å². The van der Waals surface area contributed by atoms with Gasteiger partial charge in [-0.3, -0.25) is 0 Å². The number of hydrogen-bond donors (Lipinski definition) is 0. The molecule has 0 unspecified atom stereocenters. The van der Waals surface area contributed by atoms with Crippen molar-refractivity contribution in [3.05, 3.63) is 59.2 Å². The molecule has 2 nitrogen and oxygen atoms in total. The van der Waals surface area contributed by atoms with Crippen LogP contribution in [0.3, 0.4) is 0 Å². The molecule has 25 heavy (non-hydrogen) atoms. The highest BCUT2D eigenvalue weighted by molar-refractivity contribution is 7.91. The summed E-state index contributed by atoms with van der Waals surface area (Å²) in [6.07, 6.45) is 0. The highest BCUT2D eigenvalue weighted by atomic mass is 32.2. The molecule has 3 heteroatoms. The van der Waals surface area contributed by atoms with Crippen molar-refractivity contribution in [1.29, 1.82) is 0 Å². The first kappa shape index (κ1) is 19.7. The van der Waals surface area contributed by atoms with Gasteiger partial charge < -0.3 is 0 Å².